The molecule has 0 aliphatic rings. The van der Waals surface area contributed by atoms with E-state index in [9.17, 15) is 22.8 Å². The maximum atomic E-state index is 13.0. The highest BCUT2D eigenvalue weighted by Crippen LogP contribution is 2.36. The van der Waals surface area contributed by atoms with E-state index in [-0.39, 0.29) is 10.6 Å². The molecule has 26 heavy (non-hydrogen) atoms. The van der Waals surface area contributed by atoms with E-state index in [4.69, 9.17) is 16.3 Å². The lowest BCUT2D eigenvalue weighted by Gasteiger charge is -2.14. The molecule has 0 aliphatic carbocycles. The summed E-state index contributed by atoms with van der Waals surface area (Å²) in [6.07, 6.45) is -4.68. The van der Waals surface area contributed by atoms with Crippen LogP contribution >= 0.6 is 11.6 Å². The third-order valence-corrected chi connectivity index (χ3v) is 3.56. The molecule has 2 rings (SSSR count). The van der Waals surface area contributed by atoms with Crippen LogP contribution in [0, 0.1) is 0 Å². The number of carbonyl (C=O) groups excluding carboxylic acids is 2. The monoisotopic (exact) mass is 386 g/mol. The van der Waals surface area contributed by atoms with Crippen LogP contribution < -0.4 is 15.4 Å². The van der Waals surface area contributed by atoms with Gasteiger partial charge in [-0.25, -0.2) is 0 Å². The van der Waals surface area contributed by atoms with Gasteiger partial charge in [-0.2, -0.15) is 13.2 Å². The lowest BCUT2D eigenvalue weighted by molar-refractivity contribution is -0.137. The molecule has 9 heteroatoms. The van der Waals surface area contributed by atoms with Gasteiger partial charge in [0.15, 0.2) is 0 Å². The average Bonchev–Trinajstić information content (AvgIpc) is 2.60. The minimum absolute atomic E-state index is 0.108. The van der Waals surface area contributed by atoms with Crippen LogP contribution in [0.5, 0.6) is 5.75 Å². The zero-order valence-electron chi connectivity index (χ0n) is 13.5. The fraction of sp³-hybridized carbons (Fsp3) is 0.176. The first kappa shape index (κ1) is 19.6. The number of alkyl halides is 3. The molecule has 0 saturated carbocycles. The number of amides is 2. The number of nitrogens with one attached hydrogen (secondary N) is 2. The summed E-state index contributed by atoms with van der Waals surface area (Å²) in [6, 6.07) is 9.11. The van der Waals surface area contributed by atoms with Crippen molar-refractivity contribution in [3.05, 3.63) is 58.6 Å². The van der Waals surface area contributed by atoms with E-state index in [1.807, 2.05) is 0 Å². The van der Waals surface area contributed by atoms with Gasteiger partial charge in [-0.1, -0.05) is 11.6 Å². The van der Waals surface area contributed by atoms with Gasteiger partial charge in [0.25, 0.3) is 5.91 Å². The second kappa shape index (κ2) is 8.09. The SMILES string of the molecule is COc1ccc(C(=O)NCC(=O)Nc2ccc(Cl)cc2C(F)(F)F)cc1. The van der Waals surface area contributed by atoms with Crippen molar-refractivity contribution in [3.63, 3.8) is 0 Å². The predicted octanol–water partition coefficient (Wildman–Crippen LogP) is 3.74. The summed E-state index contributed by atoms with van der Waals surface area (Å²) in [4.78, 5) is 23.8. The Labute approximate surface area is 152 Å². The van der Waals surface area contributed by atoms with Gasteiger partial charge < -0.3 is 15.4 Å². The Bertz CT molecular complexity index is 808. The minimum Gasteiger partial charge on any atom is -0.497 e. The normalized spacial score (nSPS) is 11.0. The van der Waals surface area contributed by atoms with Crippen LogP contribution in [0.3, 0.4) is 0 Å². The summed E-state index contributed by atoms with van der Waals surface area (Å²) < 4.78 is 43.9. The highest BCUT2D eigenvalue weighted by Gasteiger charge is 2.34. The van der Waals surface area contributed by atoms with Gasteiger partial charge in [-0.3, -0.25) is 9.59 Å². The van der Waals surface area contributed by atoms with Crippen LogP contribution in [0.2, 0.25) is 5.02 Å². The van der Waals surface area contributed by atoms with Gasteiger partial charge in [0.05, 0.1) is 24.9 Å². The summed E-state index contributed by atoms with van der Waals surface area (Å²) >= 11 is 5.57. The first-order chi connectivity index (χ1) is 12.2. The minimum atomic E-state index is -4.68. The van der Waals surface area contributed by atoms with Gasteiger partial charge in [-0.15, -0.1) is 0 Å². The van der Waals surface area contributed by atoms with Crippen LogP contribution in [0.4, 0.5) is 18.9 Å². The average molecular weight is 387 g/mol. The van der Waals surface area contributed by atoms with Gasteiger partial charge in [0.1, 0.15) is 5.75 Å². The smallest absolute Gasteiger partial charge is 0.418 e. The molecule has 138 valence electrons. The van der Waals surface area contributed by atoms with E-state index in [1.54, 1.807) is 12.1 Å². The van der Waals surface area contributed by atoms with E-state index in [0.717, 1.165) is 6.07 Å². The van der Waals surface area contributed by atoms with Gasteiger partial charge in [-0.05, 0) is 42.5 Å². The standard InChI is InChI=1S/C17H14ClF3N2O3/c1-26-12-5-2-10(3-6-12)16(25)22-9-15(24)23-14-7-4-11(18)8-13(14)17(19,20)21/h2-8H,9H2,1H3,(H,22,25)(H,23,24). The molecule has 2 aromatic carbocycles. The van der Waals surface area contributed by atoms with Gasteiger partial charge >= 0.3 is 6.18 Å². The number of rotatable bonds is 5. The molecule has 0 heterocycles. The number of hydrogen-bond donors (Lipinski definition) is 2. The number of benzene rings is 2. The summed E-state index contributed by atoms with van der Waals surface area (Å²) in [6.45, 7) is -0.495. The zero-order valence-corrected chi connectivity index (χ0v) is 14.2. The lowest BCUT2D eigenvalue weighted by Crippen LogP contribution is -2.33. The van der Waals surface area contributed by atoms with E-state index in [0.29, 0.717) is 11.8 Å². The number of methoxy groups -OCH3 is 1. The molecule has 2 aromatic rings. The largest absolute Gasteiger partial charge is 0.497 e. The maximum absolute atomic E-state index is 13.0. The number of anilines is 1. The van der Waals surface area contributed by atoms with Crippen LogP contribution in [0.15, 0.2) is 42.5 Å². The van der Waals surface area contributed by atoms with Crippen molar-refractivity contribution in [2.45, 2.75) is 6.18 Å². The molecular formula is C17H14ClF3N2O3. The molecule has 0 saturated heterocycles. The summed E-state index contributed by atoms with van der Waals surface area (Å²) in [5, 5.41) is 4.34. The molecule has 2 amide bonds. The van der Waals surface area contributed by atoms with Gasteiger partial charge in [0.2, 0.25) is 5.91 Å². The van der Waals surface area contributed by atoms with Crippen molar-refractivity contribution in [2.24, 2.45) is 0 Å². The van der Waals surface area contributed by atoms with Crippen LogP contribution in [0.1, 0.15) is 15.9 Å². The Morgan fingerprint density at radius 1 is 1.12 bits per heavy atom. The molecule has 5 nitrogen and oxygen atoms in total. The zero-order chi connectivity index (χ0) is 19.3. The second-order valence-electron chi connectivity index (χ2n) is 5.15. The summed E-state index contributed by atoms with van der Waals surface area (Å²) in [7, 11) is 1.48. The van der Waals surface area contributed by atoms with Crippen molar-refractivity contribution in [2.75, 3.05) is 19.0 Å². The van der Waals surface area contributed by atoms with Crippen molar-refractivity contribution in [1.29, 1.82) is 0 Å². The molecule has 0 aromatic heterocycles. The van der Waals surface area contributed by atoms with Crippen molar-refractivity contribution < 1.29 is 27.5 Å². The van der Waals surface area contributed by atoms with E-state index in [2.05, 4.69) is 10.6 Å². The highest BCUT2D eigenvalue weighted by molar-refractivity contribution is 6.30. The Kier molecular flexibility index (Phi) is 6.10. The molecule has 0 radical (unpaired) electrons. The number of ether oxygens (including phenoxy) is 1. The number of carbonyl (C=O) groups is 2. The predicted molar refractivity (Wildman–Crippen MR) is 90.4 cm³/mol. The van der Waals surface area contributed by atoms with Crippen LogP contribution in [-0.4, -0.2) is 25.5 Å². The third kappa shape index (κ3) is 5.13. The number of halogens is 4. The maximum Gasteiger partial charge on any atom is 0.418 e. The quantitative estimate of drug-likeness (QED) is 0.822. The highest BCUT2D eigenvalue weighted by atomic mass is 35.5. The first-order valence-corrected chi connectivity index (χ1v) is 7.67. The van der Waals surface area contributed by atoms with Crippen LogP contribution in [0.25, 0.3) is 0 Å². The lowest BCUT2D eigenvalue weighted by atomic mass is 10.1. The van der Waals surface area contributed by atoms with Crippen LogP contribution in [-0.2, 0) is 11.0 Å². The Hall–Kier alpha value is -2.74. The Balaban J connectivity index is 2.00. The second-order valence-corrected chi connectivity index (χ2v) is 5.58. The number of hydrogen-bond acceptors (Lipinski definition) is 3. The summed E-state index contributed by atoms with van der Waals surface area (Å²) in [5.41, 5.74) is -1.23. The summed E-state index contributed by atoms with van der Waals surface area (Å²) in [5.74, 6) is -0.795. The Morgan fingerprint density at radius 3 is 2.35 bits per heavy atom. The Morgan fingerprint density at radius 2 is 1.77 bits per heavy atom. The molecule has 0 aliphatic heterocycles. The molecule has 0 fully saturated rings. The molecule has 0 bridgehead atoms. The van der Waals surface area contributed by atoms with E-state index < -0.39 is 35.8 Å². The van der Waals surface area contributed by atoms with E-state index >= 15 is 0 Å². The van der Waals surface area contributed by atoms with Gasteiger partial charge in [0, 0.05) is 10.6 Å². The molecule has 0 spiro atoms. The first-order valence-electron chi connectivity index (χ1n) is 7.29. The fourth-order valence-corrected chi connectivity index (χ4v) is 2.23. The molecule has 2 N–H and O–H groups in total. The fourth-order valence-electron chi connectivity index (χ4n) is 2.06. The third-order valence-electron chi connectivity index (χ3n) is 3.32. The van der Waals surface area contributed by atoms with E-state index in [1.165, 1.54) is 25.3 Å². The molecule has 0 unspecified atom stereocenters. The van der Waals surface area contributed by atoms with Crippen molar-refractivity contribution in [1.82, 2.24) is 5.32 Å². The molecular weight excluding hydrogens is 373 g/mol. The topological polar surface area (TPSA) is 67.4 Å². The van der Waals surface area contributed by atoms with Crippen molar-refractivity contribution >= 4 is 29.1 Å². The molecule has 0 atom stereocenters. The van der Waals surface area contributed by atoms with Crippen molar-refractivity contribution in [3.8, 4) is 5.75 Å².